The van der Waals surface area contributed by atoms with Gasteiger partial charge in [-0.25, -0.2) is 15.0 Å². The lowest BCUT2D eigenvalue weighted by Crippen LogP contribution is -2.36. The normalized spacial score (nSPS) is 18.3. The van der Waals surface area contributed by atoms with Crippen LogP contribution in [0.25, 0.3) is 11.0 Å². The number of H-pyrrole nitrogens is 1. The molecule has 1 aromatic carbocycles. The smallest absolute Gasteiger partial charge is 0.224 e. The van der Waals surface area contributed by atoms with Crippen LogP contribution in [-0.2, 0) is 13.0 Å². The largest absolute Gasteiger partial charge is 0.347 e. The van der Waals surface area contributed by atoms with E-state index in [-0.39, 0.29) is 0 Å². The van der Waals surface area contributed by atoms with Crippen LogP contribution in [0.5, 0.6) is 0 Å². The summed E-state index contributed by atoms with van der Waals surface area (Å²) in [6.45, 7) is 3.17. The molecule has 1 saturated heterocycles. The molecule has 3 heterocycles. The van der Waals surface area contributed by atoms with Gasteiger partial charge in [-0.3, -0.25) is 4.90 Å². The van der Waals surface area contributed by atoms with E-state index < -0.39 is 0 Å². The highest BCUT2D eigenvalue weighted by Gasteiger charge is 2.21. The molecule has 1 atom stereocenters. The standard InChI is InChI=1S/C20H26N6/c1-25(2)20-21-11-16(12-22-20)14-26-9-5-6-15(13-26)10-19-23-17-7-3-4-8-18(17)24-19/h3-4,7-8,11-12,15H,5-6,9-10,13-14H2,1-2H3,(H,23,24)/t15-/m0/s1. The number of nitrogens with zero attached hydrogens (tertiary/aromatic N) is 5. The number of hydrogen-bond acceptors (Lipinski definition) is 5. The monoisotopic (exact) mass is 350 g/mol. The molecule has 1 fully saturated rings. The van der Waals surface area contributed by atoms with Crippen LogP contribution < -0.4 is 4.90 Å². The second-order valence-corrected chi connectivity index (χ2v) is 7.43. The second kappa shape index (κ2) is 7.41. The van der Waals surface area contributed by atoms with Crippen molar-refractivity contribution in [1.29, 1.82) is 0 Å². The van der Waals surface area contributed by atoms with Crippen molar-refractivity contribution in [2.24, 2.45) is 5.92 Å². The van der Waals surface area contributed by atoms with E-state index in [1.807, 2.05) is 37.5 Å². The zero-order valence-corrected chi connectivity index (χ0v) is 15.5. The fourth-order valence-electron chi connectivity index (χ4n) is 3.76. The van der Waals surface area contributed by atoms with Crippen LogP contribution in [-0.4, -0.2) is 52.0 Å². The first-order chi connectivity index (χ1) is 12.7. The number of aromatic amines is 1. The molecule has 1 aliphatic rings. The zero-order valence-electron chi connectivity index (χ0n) is 15.5. The van der Waals surface area contributed by atoms with Crippen LogP contribution in [0.4, 0.5) is 5.95 Å². The zero-order chi connectivity index (χ0) is 17.9. The van der Waals surface area contributed by atoms with Gasteiger partial charge >= 0.3 is 0 Å². The highest BCUT2D eigenvalue weighted by Crippen LogP contribution is 2.22. The van der Waals surface area contributed by atoms with E-state index in [1.54, 1.807) is 0 Å². The van der Waals surface area contributed by atoms with Gasteiger partial charge in [0.15, 0.2) is 0 Å². The molecule has 0 unspecified atom stereocenters. The van der Waals surface area contributed by atoms with Gasteiger partial charge in [-0.15, -0.1) is 0 Å². The van der Waals surface area contributed by atoms with Crippen LogP contribution in [0.3, 0.4) is 0 Å². The number of nitrogens with one attached hydrogen (secondary N) is 1. The molecule has 0 saturated carbocycles. The van der Waals surface area contributed by atoms with E-state index in [2.05, 4.69) is 38.1 Å². The van der Waals surface area contributed by atoms with Crippen LogP contribution in [0.2, 0.25) is 0 Å². The number of fused-ring (bicyclic) bond motifs is 1. The fourth-order valence-corrected chi connectivity index (χ4v) is 3.76. The Morgan fingerprint density at radius 2 is 2.00 bits per heavy atom. The molecule has 0 spiro atoms. The second-order valence-electron chi connectivity index (χ2n) is 7.43. The quantitative estimate of drug-likeness (QED) is 0.767. The minimum absolute atomic E-state index is 0.645. The van der Waals surface area contributed by atoms with Crippen molar-refractivity contribution in [2.45, 2.75) is 25.8 Å². The summed E-state index contributed by atoms with van der Waals surface area (Å²) in [5.41, 5.74) is 3.38. The fraction of sp³-hybridized carbons (Fsp3) is 0.450. The average molecular weight is 350 g/mol. The Morgan fingerprint density at radius 1 is 1.19 bits per heavy atom. The number of hydrogen-bond donors (Lipinski definition) is 1. The Labute approximate surface area is 154 Å². The van der Waals surface area contributed by atoms with Crippen molar-refractivity contribution in [3.8, 4) is 0 Å². The Bertz CT molecular complexity index is 821. The summed E-state index contributed by atoms with van der Waals surface area (Å²) in [4.78, 5) is 21.5. The topological polar surface area (TPSA) is 60.9 Å². The highest BCUT2D eigenvalue weighted by atomic mass is 15.2. The molecule has 6 nitrogen and oxygen atoms in total. The van der Waals surface area contributed by atoms with Crippen LogP contribution in [0.1, 0.15) is 24.2 Å². The maximum Gasteiger partial charge on any atom is 0.224 e. The SMILES string of the molecule is CN(C)c1ncc(CN2CCC[C@@H](Cc3nc4ccccc4[nH]3)C2)cn1. The lowest BCUT2D eigenvalue weighted by atomic mass is 9.94. The van der Waals surface area contributed by atoms with E-state index in [0.29, 0.717) is 5.92 Å². The first-order valence-electron chi connectivity index (χ1n) is 9.31. The van der Waals surface area contributed by atoms with Gasteiger partial charge in [-0.1, -0.05) is 12.1 Å². The van der Waals surface area contributed by atoms with Gasteiger partial charge in [-0.05, 0) is 37.4 Å². The van der Waals surface area contributed by atoms with Crippen molar-refractivity contribution in [2.75, 3.05) is 32.1 Å². The van der Waals surface area contributed by atoms with Crippen molar-refractivity contribution < 1.29 is 0 Å². The summed E-state index contributed by atoms with van der Waals surface area (Å²) < 4.78 is 0. The summed E-state index contributed by atoms with van der Waals surface area (Å²) >= 11 is 0. The van der Waals surface area contributed by atoms with E-state index in [4.69, 9.17) is 4.98 Å². The van der Waals surface area contributed by atoms with Crippen LogP contribution in [0.15, 0.2) is 36.7 Å². The molecule has 1 aliphatic heterocycles. The molecule has 4 rings (SSSR count). The van der Waals surface area contributed by atoms with Crippen LogP contribution in [0, 0.1) is 5.92 Å². The summed E-state index contributed by atoms with van der Waals surface area (Å²) in [6, 6.07) is 8.26. The van der Waals surface area contributed by atoms with Crippen LogP contribution >= 0.6 is 0 Å². The third-order valence-electron chi connectivity index (χ3n) is 5.02. The molecule has 1 N–H and O–H groups in total. The van der Waals surface area contributed by atoms with Gasteiger partial charge in [0.1, 0.15) is 5.82 Å². The summed E-state index contributed by atoms with van der Waals surface area (Å²) in [5, 5.41) is 0. The molecule has 3 aromatic rings. The van der Waals surface area contributed by atoms with Crippen molar-refractivity contribution in [3.05, 3.63) is 48.0 Å². The molecule has 0 amide bonds. The molecular formula is C20H26N6. The number of likely N-dealkylation sites (tertiary alicyclic amines) is 1. The van der Waals surface area contributed by atoms with Crippen molar-refractivity contribution in [1.82, 2.24) is 24.8 Å². The molecule has 0 radical (unpaired) electrons. The third kappa shape index (κ3) is 3.85. The molecular weight excluding hydrogens is 324 g/mol. The van der Waals surface area contributed by atoms with E-state index in [0.717, 1.165) is 48.9 Å². The number of anilines is 1. The number of aromatic nitrogens is 4. The van der Waals surface area contributed by atoms with Gasteiger partial charge in [0.2, 0.25) is 5.95 Å². The maximum atomic E-state index is 4.74. The van der Waals surface area contributed by atoms with E-state index >= 15 is 0 Å². The van der Waals surface area contributed by atoms with Gasteiger partial charge < -0.3 is 9.88 Å². The first kappa shape index (κ1) is 17.0. The Morgan fingerprint density at radius 3 is 2.77 bits per heavy atom. The predicted octanol–water partition coefficient (Wildman–Crippen LogP) is 2.87. The van der Waals surface area contributed by atoms with Crippen molar-refractivity contribution in [3.63, 3.8) is 0 Å². The molecule has 0 bridgehead atoms. The number of benzene rings is 1. The summed E-state index contributed by atoms with van der Waals surface area (Å²) in [6.07, 6.45) is 7.42. The summed E-state index contributed by atoms with van der Waals surface area (Å²) in [7, 11) is 3.92. The van der Waals surface area contributed by atoms with E-state index in [9.17, 15) is 0 Å². The summed E-state index contributed by atoms with van der Waals surface area (Å²) in [5.74, 6) is 2.51. The minimum Gasteiger partial charge on any atom is -0.347 e. The van der Waals surface area contributed by atoms with E-state index in [1.165, 1.54) is 18.4 Å². The lowest BCUT2D eigenvalue weighted by molar-refractivity contribution is 0.165. The average Bonchev–Trinajstić information content (AvgIpc) is 3.04. The maximum absolute atomic E-state index is 4.74. The number of para-hydroxylation sites is 2. The highest BCUT2D eigenvalue weighted by molar-refractivity contribution is 5.74. The molecule has 136 valence electrons. The lowest BCUT2D eigenvalue weighted by Gasteiger charge is -2.32. The Hall–Kier alpha value is -2.47. The Kier molecular flexibility index (Phi) is 4.84. The number of imidazole rings is 1. The molecule has 0 aliphatic carbocycles. The van der Waals surface area contributed by atoms with Gasteiger partial charge in [0, 0.05) is 51.6 Å². The minimum atomic E-state index is 0.645. The van der Waals surface area contributed by atoms with Gasteiger partial charge in [0.05, 0.1) is 11.0 Å². The number of piperidine rings is 1. The number of rotatable bonds is 5. The van der Waals surface area contributed by atoms with Gasteiger partial charge in [-0.2, -0.15) is 0 Å². The first-order valence-corrected chi connectivity index (χ1v) is 9.31. The Balaban J connectivity index is 1.37. The third-order valence-corrected chi connectivity index (χ3v) is 5.02. The predicted molar refractivity (Wildman–Crippen MR) is 104 cm³/mol. The molecule has 2 aromatic heterocycles. The molecule has 26 heavy (non-hydrogen) atoms. The van der Waals surface area contributed by atoms with Crippen molar-refractivity contribution >= 4 is 17.0 Å². The van der Waals surface area contributed by atoms with Gasteiger partial charge in [0.25, 0.3) is 0 Å². The molecule has 6 heteroatoms.